The Morgan fingerprint density at radius 3 is 2.73 bits per heavy atom. The van der Waals surface area contributed by atoms with Crippen LogP contribution in [0.15, 0.2) is 24.3 Å². The largest absolute Gasteiger partial charge is 0.497 e. The van der Waals surface area contributed by atoms with Crippen molar-refractivity contribution in [1.82, 2.24) is 4.90 Å². The summed E-state index contributed by atoms with van der Waals surface area (Å²) in [7, 11) is 1.65. The number of piperidine rings is 1. The maximum Gasteiger partial charge on any atom is 0.410 e. The van der Waals surface area contributed by atoms with Gasteiger partial charge in [-0.1, -0.05) is 12.1 Å². The van der Waals surface area contributed by atoms with Gasteiger partial charge >= 0.3 is 6.09 Å². The fraction of sp³-hybridized carbons (Fsp3) is 0.588. The van der Waals surface area contributed by atoms with Crippen LogP contribution in [0.3, 0.4) is 0 Å². The number of ether oxygens (including phenoxy) is 2. The molecule has 2 N–H and O–H groups in total. The van der Waals surface area contributed by atoms with Crippen LogP contribution in [-0.2, 0) is 4.74 Å². The number of carbonyl (C=O) groups excluding carboxylic acids is 1. The van der Waals surface area contributed by atoms with Crippen molar-refractivity contribution < 1.29 is 14.3 Å². The summed E-state index contributed by atoms with van der Waals surface area (Å²) in [6.45, 7) is 6.83. The highest BCUT2D eigenvalue weighted by Crippen LogP contribution is 2.29. The molecule has 1 fully saturated rings. The van der Waals surface area contributed by atoms with Gasteiger partial charge in [-0.05, 0) is 44.9 Å². The van der Waals surface area contributed by atoms with E-state index in [4.69, 9.17) is 15.2 Å². The molecule has 2 atom stereocenters. The van der Waals surface area contributed by atoms with Gasteiger partial charge in [-0.25, -0.2) is 4.79 Å². The van der Waals surface area contributed by atoms with Crippen LogP contribution < -0.4 is 10.5 Å². The number of hydrogen-bond donors (Lipinski definition) is 1. The molecule has 0 radical (unpaired) electrons. The molecule has 1 aromatic carbocycles. The summed E-state index contributed by atoms with van der Waals surface area (Å²) in [5.41, 5.74) is 6.89. The Kier molecular flexibility index (Phi) is 4.96. The zero-order chi connectivity index (χ0) is 16.3. The number of benzene rings is 1. The van der Waals surface area contributed by atoms with E-state index in [2.05, 4.69) is 0 Å². The van der Waals surface area contributed by atoms with Gasteiger partial charge in [0.25, 0.3) is 0 Å². The third-order valence-corrected chi connectivity index (χ3v) is 3.84. The van der Waals surface area contributed by atoms with Gasteiger partial charge in [0.05, 0.1) is 7.11 Å². The molecule has 2 rings (SSSR count). The van der Waals surface area contributed by atoms with Crippen LogP contribution in [0.5, 0.6) is 5.75 Å². The first-order valence-electron chi connectivity index (χ1n) is 7.67. The van der Waals surface area contributed by atoms with Gasteiger partial charge in [0.15, 0.2) is 0 Å². The molecule has 0 saturated carbocycles. The average Bonchev–Trinajstić information content (AvgIpc) is 2.46. The molecule has 22 heavy (non-hydrogen) atoms. The fourth-order valence-electron chi connectivity index (χ4n) is 2.69. The quantitative estimate of drug-likeness (QED) is 0.912. The number of hydrogen-bond acceptors (Lipinski definition) is 4. The number of carbonyl (C=O) groups is 1. The normalized spacial score (nSPS) is 22.3. The number of rotatable bonds is 2. The second-order valence-electron chi connectivity index (χ2n) is 6.76. The minimum atomic E-state index is -0.484. The zero-order valence-corrected chi connectivity index (χ0v) is 13.8. The van der Waals surface area contributed by atoms with E-state index < -0.39 is 5.60 Å². The first-order valence-corrected chi connectivity index (χ1v) is 7.67. The summed E-state index contributed by atoms with van der Waals surface area (Å²) in [4.78, 5) is 14.0. The van der Waals surface area contributed by atoms with E-state index in [-0.39, 0.29) is 18.1 Å². The monoisotopic (exact) mass is 306 g/mol. The van der Waals surface area contributed by atoms with Gasteiger partial charge in [-0.3, -0.25) is 0 Å². The van der Waals surface area contributed by atoms with E-state index in [0.29, 0.717) is 13.1 Å². The molecule has 0 aliphatic carbocycles. The third-order valence-electron chi connectivity index (χ3n) is 3.84. The molecule has 1 amide bonds. The Morgan fingerprint density at radius 1 is 1.36 bits per heavy atom. The molecule has 1 aliphatic rings. The maximum absolute atomic E-state index is 12.3. The number of amides is 1. The third kappa shape index (κ3) is 4.13. The van der Waals surface area contributed by atoms with Crippen molar-refractivity contribution in [2.45, 2.75) is 44.8 Å². The highest BCUT2D eigenvalue weighted by atomic mass is 16.6. The highest BCUT2D eigenvalue weighted by molar-refractivity contribution is 5.68. The molecule has 0 bridgehead atoms. The molecular formula is C17H26N2O3. The summed E-state index contributed by atoms with van der Waals surface area (Å²) in [5.74, 6) is 0.899. The van der Waals surface area contributed by atoms with Crippen LogP contribution in [0, 0.1) is 0 Å². The SMILES string of the molecule is COc1cccc([C@@H]2CN(C(=O)OC(C)(C)C)CC[C@@H]2N)c1. The van der Waals surface area contributed by atoms with E-state index in [9.17, 15) is 4.79 Å². The van der Waals surface area contributed by atoms with Crippen LogP contribution in [0.25, 0.3) is 0 Å². The summed E-state index contributed by atoms with van der Waals surface area (Å²) in [5, 5.41) is 0. The lowest BCUT2D eigenvalue weighted by Crippen LogP contribution is -2.49. The van der Waals surface area contributed by atoms with Gasteiger partial charge in [-0.2, -0.15) is 0 Å². The second-order valence-corrected chi connectivity index (χ2v) is 6.76. The molecule has 0 unspecified atom stereocenters. The highest BCUT2D eigenvalue weighted by Gasteiger charge is 2.32. The zero-order valence-electron chi connectivity index (χ0n) is 13.8. The topological polar surface area (TPSA) is 64.8 Å². The first kappa shape index (κ1) is 16.6. The van der Waals surface area contributed by atoms with E-state index in [1.165, 1.54) is 0 Å². The minimum absolute atomic E-state index is 0.0331. The van der Waals surface area contributed by atoms with Crippen molar-refractivity contribution in [1.29, 1.82) is 0 Å². The standard InChI is InChI=1S/C17H26N2O3/c1-17(2,3)22-16(20)19-9-8-15(18)14(11-19)12-6-5-7-13(10-12)21-4/h5-7,10,14-15H,8-9,11,18H2,1-4H3/t14-,15-/m0/s1. The predicted molar refractivity (Wildman–Crippen MR) is 86.1 cm³/mol. The lowest BCUT2D eigenvalue weighted by Gasteiger charge is -2.37. The number of methoxy groups -OCH3 is 1. The Bertz CT molecular complexity index is 525. The van der Waals surface area contributed by atoms with Crippen molar-refractivity contribution in [2.75, 3.05) is 20.2 Å². The predicted octanol–water partition coefficient (Wildman–Crippen LogP) is 2.75. The molecule has 5 nitrogen and oxygen atoms in total. The van der Waals surface area contributed by atoms with Crippen molar-refractivity contribution in [2.24, 2.45) is 5.73 Å². The molecule has 0 spiro atoms. The van der Waals surface area contributed by atoms with E-state index in [1.807, 2.05) is 45.0 Å². The van der Waals surface area contributed by atoms with Gasteiger partial charge in [-0.15, -0.1) is 0 Å². The summed E-state index contributed by atoms with van der Waals surface area (Å²) in [6.07, 6.45) is 0.494. The minimum Gasteiger partial charge on any atom is -0.497 e. The number of nitrogens with zero attached hydrogens (tertiary/aromatic N) is 1. The Labute approximate surface area is 132 Å². The lowest BCUT2D eigenvalue weighted by molar-refractivity contribution is 0.0186. The van der Waals surface area contributed by atoms with E-state index >= 15 is 0 Å². The Balaban J connectivity index is 2.12. The fourth-order valence-corrected chi connectivity index (χ4v) is 2.69. The molecule has 122 valence electrons. The van der Waals surface area contributed by atoms with Crippen molar-refractivity contribution >= 4 is 6.09 Å². The van der Waals surface area contributed by atoms with Crippen LogP contribution in [-0.4, -0.2) is 42.8 Å². The van der Waals surface area contributed by atoms with Crippen molar-refractivity contribution in [3.05, 3.63) is 29.8 Å². The lowest BCUT2D eigenvalue weighted by atomic mass is 9.86. The number of nitrogens with two attached hydrogens (primary N) is 1. The average molecular weight is 306 g/mol. The van der Waals surface area contributed by atoms with E-state index in [0.717, 1.165) is 17.7 Å². The van der Waals surface area contributed by atoms with Crippen molar-refractivity contribution in [3.63, 3.8) is 0 Å². The summed E-state index contributed by atoms with van der Waals surface area (Å²) in [6, 6.07) is 7.91. The Hall–Kier alpha value is -1.75. The van der Waals surface area contributed by atoms with Gasteiger partial charge < -0.3 is 20.1 Å². The van der Waals surface area contributed by atoms with E-state index in [1.54, 1.807) is 12.0 Å². The molecule has 1 aliphatic heterocycles. The molecule has 1 aromatic rings. The van der Waals surface area contributed by atoms with Gasteiger partial charge in [0.1, 0.15) is 11.4 Å². The van der Waals surface area contributed by atoms with Crippen LogP contribution in [0.1, 0.15) is 38.7 Å². The summed E-state index contributed by atoms with van der Waals surface area (Å²) < 4.78 is 10.7. The molecule has 1 heterocycles. The van der Waals surface area contributed by atoms with Crippen LogP contribution in [0.4, 0.5) is 4.79 Å². The summed E-state index contributed by atoms with van der Waals surface area (Å²) >= 11 is 0. The van der Waals surface area contributed by atoms with Gasteiger partial charge in [0.2, 0.25) is 0 Å². The van der Waals surface area contributed by atoms with Crippen LogP contribution >= 0.6 is 0 Å². The Morgan fingerprint density at radius 2 is 2.09 bits per heavy atom. The second kappa shape index (κ2) is 6.57. The molecule has 1 saturated heterocycles. The first-order chi connectivity index (χ1) is 10.3. The smallest absolute Gasteiger partial charge is 0.410 e. The van der Waals surface area contributed by atoms with Gasteiger partial charge in [0, 0.05) is 25.0 Å². The molecule has 5 heteroatoms. The molecule has 0 aromatic heterocycles. The number of likely N-dealkylation sites (tertiary alicyclic amines) is 1. The van der Waals surface area contributed by atoms with Crippen LogP contribution in [0.2, 0.25) is 0 Å². The van der Waals surface area contributed by atoms with Crippen molar-refractivity contribution in [3.8, 4) is 5.75 Å². The molecular weight excluding hydrogens is 280 g/mol. The maximum atomic E-state index is 12.3.